The molecule has 0 saturated heterocycles. The summed E-state index contributed by atoms with van der Waals surface area (Å²) in [5.74, 6) is 0. The second kappa shape index (κ2) is 15.9. The summed E-state index contributed by atoms with van der Waals surface area (Å²) < 4.78 is 0. The summed E-state index contributed by atoms with van der Waals surface area (Å²) in [5.41, 5.74) is 0. The predicted octanol–water partition coefficient (Wildman–Crippen LogP) is -3.21. The predicted molar refractivity (Wildman–Crippen MR) is 16.9 cm³/mol. The third kappa shape index (κ3) is 280. The van der Waals surface area contributed by atoms with E-state index in [0.29, 0.717) is 0 Å². The number of carboxylic acid groups (broad SMARTS) is 2. The first-order valence-electron chi connectivity index (χ1n) is 0.612. The average Bonchev–Trinajstić information content (AvgIpc) is 0.811. The average molecular weight is 163 g/mol. The number of hydrogen-bond donors (Lipinski definition) is 0. The third-order valence-electron chi connectivity index (χ3n) is 0. The molecule has 0 aromatic carbocycles. The second-order valence-electron chi connectivity index (χ2n) is 0.250. The minimum Gasteiger partial charge on any atom is -0.652 e. The Morgan fingerprint density at radius 2 is 1.29 bits per heavy atom. The first-order chi connectivity index (χ1) is 1.73. The van der Waals surface area contributed by atoms with Gasteiger partial charge in [-0.15, -0.1) is 0 Å². The second-order valence-corrected chi connectivity index (χ2v) is 0.250. The van der Waals surface area contributed by atoms with Crippen molar-refractivity contribution in [2.45, 2.75) is 0 Å². The Morgan fingerprint density at radius 3 is 1.29 bits per heavy atom. The van der Waals surface area contributed by atoms with Crippen molar-refractivity contribution in [3.63, 3.8) is 0 Å². The summed E-state index contributed by atoms with van der Waals surface area (Å²) in [4.78, 5) is 8.33. The van der Waals surface area contributed by atoms with Gasteiger partial charge in [-0.2, -0.15) is 0 Å². The number of carbonyl (C=O) groups excluding carboxylic acids is 1. The Labute approximate surface area is 71.1 Å². The van der Waals surface area contributed by atoms with Crippen LogP contribution in [0.3, 0.4) is 0 Å². The van der Waals surface area contributed by atoms with E-state index in [-0.39, 0.29) is 50.0 Å². The number of rotatable bonds is 0. The van der Waals surface area contributed by atoms with Crippen molar-refractivity contribution >= 4 is 34.5 Å². The maximum absolute atomic E-state index is 8.33. The van der Waals surface area contributed by atoms with Crippen LogP contribution in [0, 0.1) is 0 Å². The van der Waals surface area contributed by atoms with Crippen molar-refractivity contribution in [2.75, 3.05) is 0 Å². The van der Waals surface area contributed by atoms with Crippen LogP contribution >= 0.6 is 0 Å². The van der Waals surface area contributed by atoms with Crippen LogP contribution in [0.1, 0.15) is 0 Å². The summed E-state index contributed by atoms with van der Waals surface area (Å²) in [5, 5.41) is 16.7. The van der Waals surface area contributed by atoms with E-state index < -0.39 is 6.16 Å². The molecule has 0 fully saturated rings. The maximum atomic E-state index is 8.33. The third-order valence-corrected chi connectivity index (χ3v) is 0. The van der Waals surface area contributed by atoms with Crippen LogP contribution in [0.5, 0.6) is 0 Å². The van der Waals surface area contributed by atoms with Gasteiger partial charge in [-0.05, 0) is 6.16 Å². The molecule has 0 radical (unpaired) electrons. The quantitative estimate of drug-likeness (QED) is 0.353. The number of hydrogen-bond acceptors (Lipinski definition) is 3. The van der Waals surface area contributed by atoms with Gasteiger partial charge in [-0.1, -0.05) is 0 Å². The summed E-state index contributed by atoms with van der Waals surface area (Å²) in [6.07, 6.45) is -2.33. The number of carbonyl (C=O) groups is 1. The summed E-state index contributed by atoms with van der Waals surface area (Å²) in [6.45, 7) is 0. The molecule has 0 aromatic rings. The molecule has 0 aliphatic heterocycles. The fourth-order valence-corrected chi connectivity index (χ4v) is 0. The zero-order valence-corrected chi connectivity index (χ0v) is 7.02. The Hall–Kier alpha value is 0.734. The SMILES string of the molecule is O=C([O-])[O-].[Al+3].[Si+4].[Ti+4]. The topological polar surface area (TPSA) is 63.2 Å². The summed E-state index contributed by atoms with van der Waals surface area (Å²) in [6, 6.07) is 0. The fraction of sp³-hybridized carbons (Fsp3) is 0. The molecule has 7 heavy (non-hydrogen) atoms. The van der Waals surface area contributed by atoms with Crippen LogP contribution in [0.4, 0.5) is 4.79 Å². The van der Waals surface area contributed by atoms with Gasteiger partial charge in [-0.25, -0.2) is 0 Å². The van der Waals surface area contributed by atoms with Crippen LogP contribution in [-0.4, -0.2) is 34.5 Å². The molecule has 0 aromatic heterocycles. The Kier molecular flexibility index (Phi) is 57.1. The van der Waals surface area contributed by atoms with E-state index in [2.05, 4.69) is 0 Å². The first kappa shape index (κ1) is 25.2. The first-order valence-corrected chi connectivity index (χ1v) is 0.612. The van der Waals surface area contributed by atoms with Gasteiger partial charge >= 0.3 is 50.0 Å². The van der Waals surface area contributed by atoms with Crippen molar-refractivity contribution in [1.29, 1.82) is 0 Å². The molecule has 0 heterocycles. The maximum Gasteiger partial charge on any atom is 4.00 e. The molecule has 3 nitrogen and oxygen atoms in total. The zero-order chi connectivity index (χ0) is 3.58. The molecule has 0 aliphatic rings. The molecule has 0 rings (SSSR count). The van der Waals surface area contributed by atoms with E-state index in [4.69, 9.17) is 15.0 Å². The van der Waals surface area contributed by atoms with Gasteiger partial charge in [0.05, 0.1) is 0 Å². The molecular weight excluding hydrogens is 163 g/mol. The molecule has 0 N–H and O–H groups in total. The normalized spacial score (nSPS) is 3.43. The van der Waals surface area contributed by atoms with Crippen molar-refractivity contribution in [2.24, 2.45) is 0 Å². The molecule has 0 unspecified atom stereocenters. The Balaban J connectivity index is -0.0000000150. The van der Waals surface area contributed by atoms with E-state index in [1.807, 2.05) is 0 Å². The molecular formula is CAlO3SiTi+9. The van der Waals surface area contributed by atoms with Crippen molar-refractivity contribution in [1.82, 2.24) is 0 Å². The molecule has 0 bridgehead atoms. The molecule has 0 saturated carbocycles. The van der Waals surface area contributed by atoms with E-state index in [1.165, 1.54) is 0 Å². The van der Waals surface area contributed by atoms with Gasteiger partial charge < -0.3 is 15.0 Å². The monoisotopic (exact) mass is 163 g/mol. The summed E-state index contributed by atoms with van der Waals surface area (Å²) in [7, 11) is 0. The smallest absolute Gasteiger partial charge is 0.652 e. The minimum atomic E-state index is -2.33. The van der Waals surface area contributed by atoms with E-state index in [9.17, 15) is 0 Å². The molecule has 6 heteroatoms. The van der Waals surface area contributed by atoms with Crippen molar-refractivity contribution in [3.05, 3.63) is 0 Å². The van der Waals surface area contributed by atoms with Gasteiger partial charge in [0.25, 0.3) is 0 Å². The van der Waals surface area contributed by atoms with Crippen LogP contribution in [0.15, 0.2) is 0 Å². The van der Waals surface area contributed by atoms with Crippen LogP contribution < -0.4 is 10.2 Å². The molecule has 0 amide bonds. The molecule has 0 atom stereocenters. The molecule has 0 aliphatic carbocycles. The van der Waals surface area contributed by atoms with E-state index in [1.54, 1.807) is 0 Å². The molecule has 0 spiro atoms. The van der Waals surface area contributed by atoms with Crippen LogP contribution in [-0.2, 0) is 21.7 Å². The van der Waals surface area contributed by atoms with E-state index in [0.717, 1.165) is 0 Å². The van der Waals surface area contributed by atoms with Gasteiger partial charge in [0.15, 0.2) is 0 Å². The molecule has 24 valence electrons. The Bertz CT molecular complexity index is 37.9. The summed E-state index contributed by atoms with van der Waals surface area (Å²) >= 11 is 0. The largest absolute Gasteiger partial charge is 4.00 e. The van der Waals surface area contributed by atoms with Crippen LogP contribution in [0.2, 0.25) is 0 Å². The van der Waals surface area contributed by atoms with Gasteiger partial charge in [0.1, 0.15) is 0 Å². The Morgan fingerprint density at radius 1 is 1.29 bits per heavy atom. The standard InChI is InChI=1S/CH2O3.Al.Si.Ti/c2-1(3)4;;;/h(H2,2,3,4);;;/q;+3;2*+4/p-2. The van der Waals surface area contributed by atoms with E-state index >= 15 is 0 Å². The fourth-order valence-electron chi connectivity index (χ4n) is 0. The van der Waals surface area contributed by atoms with Crippen LogP contribution in [0.25, 0.3) is 0 Å². The van der Waals surface area contributed by atoms with Crippen molar-refractivity contribution in [3.8, 4) is 0 Å². The van der Waals surface area contributed by atoms with Crippen molar-refractivity contribution < 1.29 is 36.7 Å². The minimum absolute atomic E-state index is 0. The zero-order valence-electron chi connectivity index (χ0n) is 3.30. The van der Waals surface area contributed by atoms with Gasteiger partial charge in [0, 0.05) is 0 Å². The van der Waals surface area contributed by atoms with Gasteiger partial charge in [-0.3, -0.25) is 0 Å². The van der Waals surface area contributed by atoms with Gasteiger partial charge in [0.2, 0.25) is 0 Å².